The number of rotatable bonds is 5. The zero-order valence-electron chi connectivity index (χ0n) is 11.1. The van der Waals surface area contributed by atoms with E-state index in [4.69, 9.17) is 9.47 Å². The quantitative estimate of drug-likeness (QED) is 0.789. The Balaban J connectivity index is 1.74. The van der Waals surface area contributed by atoms with Crippen LogP contribution in [0.3, 0.4) is 0 Å². The molecule has 0 amide bonds. The van der Waals surface area contributed by atoms with Gasteiger partial charge in [-0.15, -0.1) is 0 Å². The topological polar surface area (TPSA) is 47.5 Å². The molecule has 0 saturated carbocycles. The van der Waals surface area contributed by atoms with Gasteiger partial charge in [-0.2, -0.15) is 0 Å². The summed E-state index contributed by atoms with van der Waals surface area (Å²) in [6.07, 6.45) is 5.88. The molecule has 1 fully saturated rings. The van der Waals surface area contributed by atoms with Crippen LogP contribution in [0.4, 0.5) is 0 Å². The molecule has 1 saturated heterocycles. The van der Waals surface area contributed by atoms with Crippen LogP contribution in [0, 0.1) is 6.92 Å². The van der Waals surface area contributed by atoms with Crippen LogP contribution in [0.5, 0.6) is 6.01 Å². The lowest BCUT2D eigenvalue weighted by Gasteiger charge is -2.31. The molecule has 18 heavy (non-hydrogen) atoms. The molecule has 100 valence electrons. The van der Waals surface area contributed by atoms with Crippen molar-refractivity contribution in [3.63, 3.8) is 0 Å². The van der Waals surface area contributed by atoms with E-state index < -0.39 is 0 Å². The number of aryl methyl sites for hydroxylation is 1. The first-order chi connectivity index (χ1) is 8.78. The van der Waals surface area contributed by atoms with E-state index in [9.17, 15) is 0 Å². The number of nitrogens with zero attached hydrogens (tertiary/aromatic N) is 3. The van der Waals surface area contributed by atoms with E-state index in [-0.39, 0.29) is 6.10 Å². The zero-order chi connectivity index (χ0) is 12.8. The summed E-state index contributed by atoms with van der Waals surface area (Å²) in [4.78, 5) is 10.8. The molecule has 0 aromatic carbocycles. The third-order valence-electron chi connectivity index (χ3n) is 3.18. The number of likely N-dealkylation sites (tertiary alicyclic amines) is 1. The van der Waals surface area contributed by atoms with Crippen LogP contribution in [0.15, 0.2) is 12.4 Å². The Morgan fingerprint density at radius 2 is 1.94 bits per heavy atom. The van der Waals surface area contributed by atoms with Crippen molar-refractivity contribution < 1.29 is 9.47 Å². The van der Waals surface area contributed by atoms with Gasteiger partial charge in [0.25, 0.3) is 0 Å². The number of hydrogen-bond donors (Lipinski definition) is 0. The lowest BCUT2D eigenvalue weighted by molar-refractivity contribution is 0.0745. The molecule has 1 aromatic heterocycles. The summed E-state index contributed by atoms with van der Waals surface area (Å²) in [6, 6.07) is 0.496. The molecule has 5 heteroatoms. The van der Waals surface area contributed by atoms with Gasteiger partial charge in [0.2, 0.25) is 0 Å². The van der Waals surface area contributed by atoms with Crippen molar-refractivity contribution in [2.24, 2.45) is 0 Å². The molecule has 1 aliphatic rings. The molecule has 5 nitrogen and oxygen atoms in total. The van der Waals surface area contributed by atoms with Crippen LogP contribution < -0.4 is 4.74 Å². The first-order valence-electron chi connectivity index (χ1n) is 6.44. The van der Waals surface area contributed by atoms with Crippen molar-refractivity contribution in [1.82, 2.24) is 14.9 Å². The predicted octanol–water partition coefficient (Wildman–Crippen LogP) is 1.27. The maximum absolute atomic E-state index is 5.78. The van der Waals surface area contributed by atoms with E-state index in [2.05, 4.69) is 14.9 Å². The van der Waals surface area contributed by atoms with Gasteiger partial charge in [0.15, 0.2) is 0 Å². The monoisotopic (exact) mass is 251 g/mol. The molecule has 2 rings (SSSR count). The summed E-state index contributed by atoms with van der Waals surface area (Å²) >= 11 is 0. The highest BCUT2D eigenvalue weighted by Crippen LogP contribution is 2.15. The van der Waals surface area contributed by atoms with Crippen LogP contribution in [-0.2, 0) is 4.74 Å². The van der Waals surface area contributed by atoms with Gasteiger partial charge in [-0.25, -0.2) is 9.97 Å². The normalized spacial score (nSPS) is 17.9. The Kier molecular flexibility index (Phi) is 4.90. The average molecular weight is 251 g/mol. The van der Waals surface area contributed by atoms with Gasteiger partial charge in [0.1, 0.15) is 6.10 Å². The van der Waals surface area contributed by atoms with Crippen molar-refractivity contribution in [2.45, 2.75) is 25.9 Å². The molecule has 2 heterocycles. The Labute approximate surface area is 108 Å². The molecule has 0 aliphatic carbocycles. The zero-order valence-corrected chi connectivity index (χ0v) is 11.1. The van der Waals surface area contributed by atoms with Crippen molar-refractivity contribution in [1.29, 1.82) is 0 Å². The maximum Gasteiger partial charge on any atom is 0.316 e. The number of ether oxygens (including phenoxy) is 2. The van der Waals surface area contributed by atoms with E-state index in [1.54, 1.807) is 19.5 Å². The van der Waals surface area contributed by atoms with E-state index in [1.807, 2.05) is 6.92 Å². The highest BCUT2D eigenvalue weighted by Gasteiger charge is 2.20. The molecule has 1 aromatic rings. The van der Waals surface area contributed by atoms with Gasteiger partial charge in [0, 0.05) is 39.1 Å². The molecular formula is C13H21N3O2. The summed E-state index contributed by atoms with van der Waals surface area (Å²) in [5, 5.41) is 0. The van der Waals surface area contributed by atoms with E-state index in [1.165, 1.54) is 0 Å². The first-order valence-corrected chi connectivity index (χ1v) is 6.44. The SMILES string of the molecule is COCCN1CCC(Oc2ncc(C)cn2)CC1. The second-order valence-electron chi connectivity index (χ2n) is 4.69. The number of methoxy groups -OCH3 is 1. The first kappa shape index (κ1) is 13.2. The summed E-state index contributed by atoms with van der Waals surface area (Å²) in [7, 11) is 1.74. The van der Waals surface area contributed by atoms with Gasteiger partial charge < -0.3 is 14.4 Å². The molecular weight excluding hydrogens is 230 g/mol. The van der Waals surface area contributed by atoms with Gasteiger partial charge in [-0.05, 0) is 25.3 Å². The molecule has 1 aliphatic heterocycles. The van der Waals surface area contributed by atoms with Crippen molar-refractivity contribution in [2.75, 3.05) is 33.4 Å². The third kappa shape index (κ3) is 3.92. The Hall–Kier alpha value is -1.20. The third-order valence-corrected chi connectivity index (χ3v) is 3.18. The van der Waals surface area contributed by atoms with E-state index >= 15 is 0 Å². The summed E-state index contributed by atoms with van der Waals surface area (Å²) in [5.74, 6) is 0. The maximum atomic E-state index is 5.78. The fraction of sp³-hybridized carbons (Fsp3) is 0.692. The fourth-order valence-electron chi connectivity index (χ4n) is 2.06. The minimum Gasteiger partial charge on any atom is -0.460 e. The Morgan fingerprint density at radius 1 is 1.28 bits per heavy atom. The lowest BCUT2D eigenvalue weighted by Crippen LogP contribution is -2.39. The molecule has 0 unspecified atom stereocenters. The molecule has 0 spiro atoms. The predicted molar refractivity (Wildman–Crippen MR) is 68.7 cm³/mol. The molecule has 0 atom stereocenters. The smallest absolute Gasteiger partial charge is 0.316 e. The van der Waals surface area contributed by atoms with Crippen molar-refractivity contribution in [3.05, 3.63) is 18.0 Å². The highest BCUT2D eigenvalue weighted by molar-refractivity contribution is 5.04. The Bertz CT molecular complexity index is 348. The molecule has 0 radical (unpaired) electrons. The van der Waals surface area contributed by atoms with Gasteiger partial charge >= 0.3 is 6.01 Å². The van der Waals surface area contributed by atoms with Crippen LogP contribution in [0.25, 0.3) is 0 Å². The van der Waals surface area contributed by atoms with Crippen LogP contribution in [-0.4, -0.2) is 54.3 Å². The van der Waals surface area contributed by atoms with Crippen molar-refractivity contribution in [3.8, 4) is 6.01 Å². The second kappa shape index (κ2) is 6.66. The van der Waals surface area contributed by atoms with E-state index in [0.717, 1.165) is 44.6 Å². The van der Waals surface area contributed by atoms with Crippen LogP contribution >= 0.6 is 0 Å². The van der Waals surface area contributed by atoms with Gasteiger partial charge in [-0.1, -0.05) is 0 Å². The summed E-state index contributed by atoms with van der Waals surface area (Å²) in [6.45, 7) is 5.88. The standard InChI is InChI=1S/C13H21N3O2/c1-11-9-14-13(15-10-11)18-12-3-5-16(6-4-12)7-8-17-2/h9-10,12H,3-8H2,1-2H3. The van der Waals surface area contributed by atoms with E-state index in [0.29, 0.717) is 6.01 Å². The minimum absolute atomic E-state index is 0.242. The minimum atomic E-state index is 0.242. The van der Waals surface area contributed by atoms with Crippen LogP contribution in [0.1, 0.15) is 18.4 Å². The van der Waals surface area contributed by atoms with Gasteiger partial charge in [0.05, 0.1) is 6.61 Å². The Morgan fingerprint density at radius 3 is 2.56 bits per heavy atom. The summed E-state index contributed by atoms with van der Waals surface area (Å²) in [5.41, 5.74) is 1.05. The number of piperidine rings is 1. The summed E-state index contributed by atoms with van der Waals surface area (Å²) < 4.78 is 10.9. The van der Waals surface area contributed by atoms with Gasteiger partial charge in [-0.3, -0.25) is 0 Å². The van der Waals surface area contributed by atoms with Crippen LogP contribution in [0.2, 0.25) is 0 Å². The number of aromatic nitrogens is 2. The fourth-order valence-corrected chi connectivity index (χ4v) is 2.06. The second-order valence-corrected chi connectivity index (χ2v) is 4.69. The largest absolute Gasteiger partial charge is 0.460 e. The lowest BCUT2D eigenvalue weighted by atomic mass is 10.1. The molecule has 0 bridgehead atoms. The van der Waals surface area contributed by atoms with Crippen molar-refractivity contribution >= 4 is 0 Å². The highest BCUT2D eigenvalue weighted by atomic mass is 16.5. The number of hydrogen-bond acceptors (Lipinski definition) is 5. The average Bonchev–Trinajstić information content (AvgIpc) is 2.41. The molecule has 0 N–H and O–H groups in total.